The van der Waals surface area contributed by atoms with Crippen molar-refractivity contribution in [3.05, 3.63) is 0 Å². The maximum atomic E-state index is 10.8. The Morgan fingerprint density at radius 3 is 2.58 bits per heavy atom. The molecule has 1 saturated heterocycles. The highest BCUT2D eigenvalue weighted by Gasteiger charge is 2.38. The van der Waals surface area contributed by atoms with Crippen molar-refractivity contribution in [3.8, 4) is 0 Å². The summed E-state index contributed by atoms with van der Waals surface area (Å²) < 4.78 is 10.5. The first-order chi connectivity index (χ1) is 5.42. The summed E-state index contributed by atoms with van der Waals surface area (Å²) in [6, 6.07) is 0. The van der Waals surface area contributed by atoms with Crippen molar-refractivity contribution >= 4 is 5.78 Å². The van der Waals surface area contributed by atoms with Gasteiger partial charge in [0.25, 0.3) is 0 Å². The number of Topliss-reactive ketones (excluding diaryl/α,β-unsaturated/α-hetero) is 1. The smallest absolute Gasteiger partial charge is 0.163 e. The topological polar surface area (TPSA) is 55.8 Å². The third kappa shape index (κ3) is 2.03. The number of ether oxygens (including phenoxy) is 2. The van der Waals surface area contributed by atoms with E-state index >= 15 is 0 Å². The molecule has 0 aromatic rings. The molecule has 70 valence electrons. The van der Waals surface area contributed by atoms with Crippen LogP contribution >= 0.6 is 0 Å². The molecule has 0 aromatic heterocycles. The summed E-state index contributed by atoms with van der Waals surface area (Å²) in [7, 11) is 0. The Bertz CT molecular complexity index is 187. The number of carbonyl (C=O) groups is 1. The molecule has 0 saturated carbocycles. The minimum Gasteiger partial charge on any atom is -0.382 e. The minimum atomic E-state index is -1.06. The zero-order valence-electron chi connectivity index (χ0n) is 7.53. The molecule has 0 spiro atoms. The average Bonchev–Trinajstić information content (AvgIpc) is 2.28. The summed E-state index contributed by atoms with van der Waals surface area (Å²) >= 11 is 0. The molecule has 1 rings (SSSR count). The van der Waals surface area contributed by atoms with Gasteiger partial charge in [-0.05, 0) is 20.8 Å². The second-order valence-electron chi connectivity index (χ2n) is 3.42. The van der Waals surface area contributed by atoms with Gasteiger partial charge in [-0.15, -0.1) is 0 Å². The van der Waals surface area contributed by atoms with Crippen molar-refractivity contribution in [1.29, 1.82) is 0 Å². The Balaban J connectivity index is 2.52. The van der Waals surface area contributed by atoms with E-state index in [1.165, 1.54) is 6.92 Å². The predicted molar refractivity (Wildman–Crippen MR) is 41.6 cm³/mol. The molecule has 0 radical (unpaired) electrons. The van der Waals surface area contributed by atoms with E-state index in [0.717, 1.165) is 0 Å². The van der Waals surface area contributed by atoms with Crippen LogP contribution < -0.4 is 0 Å². The molecule has 1 fully saturated rings. The van der Waals surface area contributed by atoms with Crippen LogP contribution in [0.3, 0.4) is 0 Å². The molecular weight excluding hydrogens is 160 g/mol. The molecule has 2 atom stereocenters. The second-order valence-corrected chi connectivity index (χ2v) is 3.42. The SMILES string of the molecule is CC(=O)[C@H](O)[C@H]1COC(C)(C)O1. The number of ketones is 1. The summed E-state index contributed by atoms with van der Waals surface area (Å²) in [6.45, 7) is 5.10. The maximum Gasteiger partial charge on any atom is 0.163 e. The van der Waals surface area contributed by atoms with Gasteiger partial charge in [0.15, 0.2) is 11.6 Å². The molecule has 0 aromatic carbocycles. The monoisotopic (exact) mass is 174 g/mol. The normalized spacial score (nSPS) is 30.2. The van der Waals surface area contributed by atoms with E-state index in [-0.39, 0.29) is 12.4 Å². The van der Waals surface area contributed by atoms with Gasteiger partial charge in [0, 0.05) is 0 Å². The van der Waals surface area contributed by atoms with E-state index < -0.39 is 18.0 Å². The fraction of sp³-hybridized carbons (Fsp3) is 0.875. The van der Waals surface area contributed by atoms with E-state index in [2.05, 4.69) is 0 Å². The molecule has 0 bridgehead atoms. The van der Waals surface area contributed by atoms with Crippen molar-refractivity contribution in [2.75, 3.05) is 6.61 Å². The lowest BCUT2D eigenvalue weighted by Crippen LogP contribution is -2.35. The molecule has 1 heterocycles. The van der Waals surface area contributed by atoms with Crippen LogP contribution in [0.2, 0.25) is 0 Å². The van der Waals surface area contributed by atoms with Crippen LogP contribution in [0, 0.1) is 0 Å². The quantitative estimate of drug-likeness (QED) is 0.644. The zero-order chi connectivity index (χ0) is 9.35. The largest absolute Gasteiger partial charge is 0.382 e. The van der Waals surface area contributed by atoms with Crippen LogP contribution in [0.5, 0.6) is 0 Å². The summed E-state index contributed by atoms with van der Waals surface area (Å²) in [4.78, 5) is 10.8. The van der Waals surface area contributed by atoms with Gasteiger partial charge in [-0.3, -0.25) is 4.79 Å². The first-order valence-electron chi connectivity index (χ1n) is 3.93. The van der Waals surface area contributed by atoms with Crippen LogP contribution in [0.25, 0.3) is 0 Å². The third-order valence-corrected chi connectivity index (χ3v) is 1.80. The first kappa shape index (κ1) is 9.64. The molecule has 12 heavy (non-hydrogen) atoms. The van der Waals surface area contributed by atoms with Crippen LogP contribution in [0.15, 0.2) is 0 Å². The third-order valence-electron chi connectivity index (χ3n) is 1.80. The molecule has 1 N–H and O–H groups in total. The number of hydrogen-bond acceptors (Lipinski definition) is 4. The fourth-order valence-corrected chi connectivity index (χ4v) is 1.13. The van der Waals surface area contributed by atoms with Crippen molar-refractivity contribution in [2.24, 2.45) is 0 Å². The van der Waals surface area contributed by atoms with E-state index in [4.69, 9.17) is 9.47 Å². The van der Waals surface area contributed by atoms with E-state index in [1.54, 1.807) is 13.8 Å². The van der Waals surface area contributed by atoms with Crippen molar-refractivity contribution in [1.82, 2.24) is 0 Å². The Morgan fingerprint density at radius 1 is 1.67 bits per heavy atom. The Kier molecular flexibility index (Phi) is 2.51. The Hall–Kier alpha value is -0.450. The summed E-state index contributed by atoms with van der Waals surface area (Å²) in [5, 5.41) is 9.30. The van der Waals surface area contributed by atoms with E-state index in [1.807, 2.05) is 0 Å². The summed E-state index contributed by atoms with van der Waals surface area (Å²) in [5.41, 5.74) is 0. The highest BCUT2D eigenvalue weighted by molar-refractivity contribution is 5.80. The lowest BCUT2D eigenvalue weighted by Gasteiger charge is -2.18. The average molecular weight is 174 g/mol. The maximum absolute atomic E-state index is 10.8. The number of aliphatic hydroxyl groups excluding tert-OH is 1. The Morgan fingerprint density at radius 2 is 2.25 bits per heavy atom. The second kappa shape index (κ2) is 3.12. The van der Waals surface area contributed by atoms with Gasteiger partial charge in [0.2, 0.25) is 0 Å². The minimum absolute atomic E-state index is 0.272. The van der Waals surface area contributed by atoms with Crippen LogP contribution in [0.4, 0.5) is 0 Å². The first-order valence-corrected chi connectivity index (χ1v) is 3.93. The predicted octanol–water partition coefficient (Wildman–Crippen LogP) is 0.0878. The summed E-state index contributed by atoms with van der Waals surface area (Å²) in [5.74, 6) is -0.970. The van der Waals surface area contributed by atoms with Gasteiger partial charge in [-0.1, -0.05) is 0 Å². The molecule has 1 aliphatic rings. The van der Waals surface area contributed by atoms with Crippen molar-refractivity contribution in [2.45, 2.75) is 38.8 Å². The molecule has 0 amide bonds. The highest BCUT2D eigenvalue weighted by Crippen LogP contribution is 2.24. The van der Waals surface area contributed by atoms with Gasteiger partial charge in [0.05, 0.1) is 6.61 Å². The van der Waals surface area contributed by atoms with Gasteiger partial charge < -0.3 is 14.6 Å². The van der Waals surface area contributed by atoms with Crippen LogP contribution in [-0.4, -0.2) is 35.5 Å². The van der Waals surface area contributed by atoms with Crippen molar-refractivity contribution in [3.63, 3.8) is 0 Å². The van der Waals surface area contributed by atoms with Gasteiger partial charge >= 0.3 is 0 Å². The molecule has 0 aliphatic carbocycles. The van der Waals surface area contributed by atoms with Gasteiger partial charge in [-0.25, -0.2) is 0 Å². The van der Waals surface area contributed by atoms with Gasteiger partial charge in [0.1, 0.15) is 12.2 Å². The lowest BCUT2D eigenvalue weighted by atomic mass is 10.1. The molecule has 4 heteroatoms. The van der Waals surface area contributed by atoms with E-state index in [9.17, 15) is 9.90 Å². The molecular formula is C8H14O4. The van der Waals surface area contributed by atoms with Crippen LogP contribution in [-0.2, 0) is 14.3 Å². The lowest BCUT2D eigenvalue weighted by molar-refractivity contribution is -0.156. The van der Waals surface area contributed by atoms with Crippen LogP contribution in [0.1, 0.15) is 20.8 Å². The number of aliphatic hydroxyl groups is 1. The zero-order valence-corrected chi connectivity index (χ0v) is 7.53. The van der Waals surface area contributed by atoms with E-state index in [0.29, 0.717) is 0 Å². The highest BCUT2D eigenvalue weighted by atomic mass is 16.7. The molecule has 4 nitrogen and oxygen atoms in total. The fourth-order valence-electron chi connectivity index (χ4n) is 1.13. The van der Waals surface area contributed by atoms with Gasteiger partial charge in [-0.2, -0.15) is 0 Å². The molecule has 0 unspecified atom stereocenters. The number of hydrogen-bond donors (Lipinski definition) is 1. The van der Waals surface area contributed by atoms with Crippen molar-refractivity contribution < 1.29 is 19.4 Å². The number of carbonyl (C=O) groups excluding carboxylic acids is 1. The summed E-state index contributed by atoms with van der Waals surface area (Å²) in [6.07, 6.45) is -1.58. The molecule has 1 aliphatic heterocycles. The Labute approximate surface area is 71.5 Å². The number of rotatable bonds is 2. The standard InChI is InChI=1S/C8H14O4/c1-5(9)7(10)6-4-11-8(2,3)12-6/h6-7,10H,4H2,1-3H3/t6-,7+/m1/s1.